The van der Waals surface area contributed by atoms with E-state index in [-0.39, 0.29) is 11.8 Å². The van der Waals surface area contributed by atoms with Crippen molar-refractivity contribution >= 4 is 18.1 Å². The maximum Gasteiger partial charge on any atom is 0.212 e. The number of hydrogen-bond acceptors (Lipinski definition) is 2. The van der Waals surface area contributed by atoms with Gasteiger partial charge in [0.1, 0.15) is 0 Å². The van der Waals surface area contributed by atoms with Crippen LogP contribution < -0.4 is 4.72 Å². The Morgan fingerprint density at radius 2 is 1.84 bits per heavy atom. The van der Waals surface area contributed by atoms with Crippen LogP contribution in [0.2, 0.25) is 25.7 Å². The lowest BCUT2D eigenvalue weighted by Gasteiger charge is -2.19. The van der Waals surface area contributed by atoms with Crippen molar-refractivity contribution in [2.75, 3.05) is 5.75 Å². The molecule has 1 rings (SSSR count). The van der Waals surface area contributed by atoms with Gasteiger partial charge in [-0.2, -0.15) is 0 Å². The van der Waals surface area contributed by atoms with E-state index in [4.69, 9.17) is 0 Å². The summed E-state index contributed by atoms with van der Waals surface area (Å²) in [6.45, 7) is 10.2. The van der Waals surface area contributed by atoms with Gasteiger partial charge in [0.25, 0.3) is 0 Å². The van der Waals surface area contributed by atoms with Gasteiger partial charge in [0, 0.05) is 8.07 Å². The van der Waals surface area contributed by atoms with E-state index in [0.29, 0.717) is 0 Å². The monoisotopic (exact) mass is 297 g/mol. The zero-order chi connectivity index (χ0) is 14.5. The molecule has 1 N–H and O–H groups in total. The van der Waals surface area contributed by atoms with Crippen LogP contribution in [0.3, 0.4) is 0 Å². The van der Waals surface area contributed by atoms with Crippen LogP contribution in [-0.4, -0.2) is 22.2 Å². The maximum atomic E-state index is 12.1. The van der Waals surface area contributed by atoms with Crippen molar-refractivity contribution in [2.45, 2.75) is 31.7 Å². The molecule has 0 aromatic heterocycles. The van der Waals surface area contributed by atoms with Gasteiger partial charge >= 0.3 is 0 Å². The Morgan fingerprint density at radius 3 is 2.32 bits per heavy atom. The summed E-state index contributed by atoms with van der Waals surface area (Å²) in [5, 5.41) is 0. The molecule has 5 heteroatoms. The van der Waals surface area contributed by atoms with Gasteiger partial charge in [-0.05, 0) is 11.6 Å². The number of sulfonamides is 1. The van der Waals surface area contributed by atoms with Crippen LogP contribution in [0.25, 0.3) is 0 Å². The van der Waals surface area contributed by atoms with Crippen molar-refractivity contribution in [1.29, 1.82) is 0 Å². The summed E-state index contributed by atoms with van der Waals surface area (Å²) in [6, 6.07) is 9.89. The molecule has 0 fully saturated rings. The van der Waals surface area contributed by atoms with Gasteiger partial charge in [-0.3, -0.25) is 0 Å². The third-order valence-electron chi connectivity index (χ3n) is 2.82. The molecule has 1 atom stereocenters. The molecule has 0 amide bonds. The summed E-state index contributed by atoms with van der Waals surface area (Å²) < 4.78 is 26.9. The SMILES string of the molecule is C=C[C@@H](NS(=O)(=O)CC[Si](C)(C)C)c1ccccc1. The van der Waals surface area contributed by atoms with Crippen LogP contribution >= 0.6 is 0 Å². The van der Waals surface area contributed by atoms with E-state index < -0.39 is 18.1 Å². The van der Waals surface area contributed by atoms with Crippen molar-refractivity contribution in [1.82, 2.24) is 4.72 Å². The summed E-state index contributed by atoms with van der Waals surface area (Å²) in [4.78, 5) is 0. The molecule has 0 aliphatic heterocycles. The van der Waals surface area contributed by atoms with E-state index in [9.17, 15) is 8.42 Å². The first kappa shape index (κ1) is 16.1. The Kier molecular flexibility index (Phi) is 5.52. The fourth-order valence-electron chi connectivity index (χ4n) is 1.61. The minimum absolute atomic E-state index is 0.194. The highest BCUT2D eigenvalue weighted by atomic mass is 32.2. The summed E-state index contributed by atoms with van der Waals surface area (Å²) in [5.74, 6) is 0.194. The lowest BCUT2D eigenvalue weighted by molar-refractivity contribution is 0.575. The fourth-order valence-corrected chi connectivity index (χ4v) is 5.87. The summed E-state index contributed by atoms with van der Waals surface area (Å²) >= 11 is 0. The van der Waals surface area contributed by atoms with Crippen molar-refractivity contribution in [2.24, 2.45) is 0 Å². The molecule has 0 radical (unpaired) electrons. The van der Waals surface area contributed by atoms with Crippen molar-refractivity contribution in [3.05, 3.63) is 48.6 Å². The first-order chi connectivity index (χ1) is 8.73. The van der Waals surface area contributed by atoms with Crippen LogP contribution in [0.15, 0.2) is 43.0 Å². The van der Waals surface area contributed by atoms with Gasteiger partial charge in [-0.1, -0.05) is 56.0 Å². The number of hydrogen-bond donors (Lipinski definition) is 1. The lowest BCUT2D eigenvalue weighted by Crippen LogP contribution is -2.33. The standard InChI is InChI=1S/C14H23NO2SSi/c1-5-14(13-9-7-6-8-10-13)15-18(16,17)11-12-19(2,3)4/h5-10,14-15H,1,11-12H2,2-4H3/t14-/m1/s1. The predicted molar refractivity (Wildman–Crippen MR) is 84.5 cm³/mol. The van der Waals surface area contributed by atoms with Gasteiger partial charge < -0.3 is 0 Å². The van der Waals surface area contributed by atoms with Crippen LogP contribution in [-0.2, 0) is 10.0 Å². The van der Waals surface area contributed by atoms with Crippen molar-refractivity contribution < 1.29 is 8.42 Å². The second-order valence-corrected chi connectivity index (χ2v) is 13.4. The highest BCUT2D eigenvalue weighted by Crippen LogP contribution is 2.16. The number of rotatable bonds is 7. The fraction of sp³-hybridized carbons (Fsp3) is 0.429. The van der Waals surface area contributed by atoms with Crippen molar-refractivity contribution in [3.63, 3.8) is 0 Å². The van der Waals surface area contributed by atoms with E-state index in [1.807, 2.05) is 30.3 Å². The second-order valence-electron chi connectivity index (χ2n) is 5.87. The minimum atomic E-state index is -3.26. The average Bonchev–Trinajstić information content (AvgIpc) is 2.34. The Labute approximate surface area is 117 Å². The molecule has 0 unspecified atom stereocenters. The minimum Gasteiger partial charge on any atom is -0.212 e. The maximum absolute atomic E-state index is 12.1. The van der Waals surface area contributed by atoms with Gasteiger partial charge in [-0.25, -0.2) is 13.1 Å². The van der Waals surface area contributed by atoms with Gasteiger partial charge in [0.15, 0.2) is 0 Å². The van der Waals surface area contributed by atoms with Gasteiger partial charge in [0.2, 0.25) is 10.0 Å². The summed E-state index contributed by atoms with van der Waals surface area (Å²) in [7, 11) is -4.61. The van der Waals surface area contributed by atoms with Gasteiger partial charge in [-0.15, -0.1) is 6.58 Å². The number of benzene rings is 1. The smallest absolute Gasteiger partial charge is 0.212 e. The predicted octanol–water partition coefficient (Wildman–Crippen LogP) is 3.17. The van der Waals surface area contributed by atoms with E-state index >= 15 is 0 Å². The molecule has 0 saturated heterocycles. The largest absolute Gasteiger partial charge is 0.212 e. The first-order valence-corrected chi connectivity index (χ1v) is 11.8. The highest BCUT2D eigenvalue weighted by molar-refractivity contribution is 7.89. The molecule has 0 aliphatic rings. The molecule has 0 heterocycles. The van der Waals surface area contributed by atoms with E-state index in [0.717, 1.165) is 11.6 Å². The Balaban J connectivity index is 2.73. The first-order valence-electron chi connectivity index (χ1n) is 6.41. The highest BCUT2D eigenvalue weighted by Gasteiger charge is 2.21. The zero-order valence-electron chi connectivity index (χ0n) is 11.9. The van der Waals surface area contributed by atoms with Crippen LogP contribution in [0.5, 0.6) is 0 Å². The lowest BCUT2D eigenvalue weighted by atomic mass is 10.1. The van der Waals surface area contributed by atoms with Gasteiger partial charge in [0.05, 0.1) is 11.8 Å². The third-order valence-corrected chi connectivity index (χ3v) is 6.29. The molecule has 0 spiro atoms. The topological polar surface area (TPSA) is 46.2 Å². The Bertz CT molecular complexity index is 506. The second kappa shape index (κ2) is 6.50. The Hall–Kier alpha value is -0.913. The molecular weight excluding hydrogens is 274 g/mol. The molecule has 19 heavy (non-hydrogen) atoms. The molecule has 0 aliphatic carbocycles. The molecule has 0 bridgehead atoms. The Morgan fingerprint density at radius 1 is 1.26 bits per heavy atom. The summed E-state index contributed by atoms with van der Waals surface area (Å²) in [6.07, 6.45) is 1.63. The molecule has 1 aromatic rings. The van der Waals surface area contributed by atoms with Crippen LogP contribution in [0.4, 0.5) is 0 Å². The zero-order valence-corrected chi connectivity index (χ0v) is 13.7. The third kappa shape index (κ3) is 6.18. The molecule has 1 aromatic carbocycles. The van der Waals surface area contributed by atoms with Crippen LogP contribution in [0.1, 0.15) is 11.6 Å². The molecule has 0 saturated carbocycles. The van der Waals surface area contributed by atoms with E-state index in [1.54, 1.807) is 6.08 Å². The molecular formula is C14H23NO2SSi. The van der Waals surface area contributed by atoms with Crippen LogP contribution in [0, 0.1) is 0 Å². The quantitative estimate of drug-likeness (QED) is 0.620. The van der Waals surface area contributed by atoms with Crippen molar-refractivity contribution in [3.8, 4) is 0 Å². The summed E-state index contributed by atoms with van der Waals surface area (Å²) in [5.41, 5.74) is 0.911. The normalized spacial score (nSPS) is 14.1. The van der Waals surface area contributed by atoms with E-state index in [1.165, 1.54) is 0 Å². The molecule has 106 valence electrons. The average molecular weight is 297 g/mol. The number of nitrogens with one attached hydrogen (secondary N) is 1. The molecule has 3 nitrogen and oxygen atoms in total. The van der Waals surface area contributed by atoms with E-state index in [2.05, 4.69) is 30.9 Å².